The summed E-state index contributed by atoms with van der Waals surface area (Å²) in [6, 6.07) is 10.8. The van der Waals surface area contributed by atoms with Crippen LogP contribution in [0.3, 0.4) is 0 Å². The molecular weight excluding hydrogens is 350 g/mol. The molecule has 5 nitrogen and oxygen atoms in total. The molecule has 0 bridgehead atoms. The molecule has 2 aromatic carbocycles. The summed E-state index contributed by atoms with van der Waals surface area (Å²) in [4.78, 5) is 20.4. The number of ether oxygens (including phenoxy) is 1. The molecule has 6 heteroatoms. The normalized spacial score (nSPS) is 11.6. The van der Waals surface area contributed by atoms with E-state index in [2.05, 4.69) is 36.1 Å². The number of nitrogens with zero attached hydrogens (tertiary/aromatic N) is 1. The van der Waals surface area contributed by atoms with Gasteiger partial charge in [-0.3, -0.25) is 4.79 Å². The van der Waals surface area contributed by atoms with Gasteiger partial charge in [0.25, 0.3) is 5.91 Å². The summed E-state index contributed by atoms with van der Waals surface area (Å²) in [6.07, 6.45) is 0. The maximum atomic E-state index is 12.5. The standard InChI is InChI=1S/C20H22ClN3O2/c1-20(2,3)19-23-15-7-5-12(10-16(15)24-19)18(25)22-11-13-9-14(21)6-8-17(13)26-4/h5-10H,11H2,1-4H3,(H,22,25)(H,23,24). The Hall–Kier alpha value is -2.53. The molecule has 0 fully saturated rings. The highest BCUT2D eigenvalue weighted by atomic mass is 35.5. The quantitative estimate of drug-likeness (QED) is 0.711. The van der Waals surface area contributed by atoms with E-state index in [9.17, 15) is 4.79 Å². The number of imidazole rings is 1. The number of fused-ring (bicyclic) bond motifs is 1. The highest BCUT2D eigenvalue weighted by Crippen LogP contribution is 2.24. The first-order chi connectivity index (χ1) is 12.3. The number of aromatic amines is 1. The van der Waals surface area contributed by atoms with E-state index in [0.29, 0.717) is 22.9 Å². The van der Waals surface area contributed by atoms with Gasteiger partial charge < -0.3 is 15.0 Å². The van der Waals surface area contributed by atoms with Gasteiger partial charge >= 0.3 is 0 Å². The van der Waals surface area contributed by atoms with Crippen LogP contribution < -0.4 is 10.1 Å². The molecular formula is C20H22ClN3O2. The van der Waals surface area contributed by atoms with Crippen molar-refractivity contribution in [2.75, 3.05) is 7.11 Å². The van der Waals surface area contributed by atoms with Gasteiger partial charge in [-0.2, -0.15) is 0 Å². The number of nitrogens with one attached hydrogen (secondary N) is 2. The summed E-state index contributed by atoms with van der Waals surface area (Å²) < 4.78 is 5.31. The zero-order chi connectivity index (χ0) is 18.9. The number of carbonyl (C=O) groups is 1. The average Bonchev–Trinajstić information content (AvgIpc) is 3.03. The number of H-pyrrole nitrogens is 1. The van der Waals surface area contributed by atoms with E-state index in [0.717, 1.165) is 22.4 Å². The average molecular weight is 372 g/mol. The molecule has 136 valence electrons. The number of methoxy groups -OCH3 is 1. The van der Waals surface area contributed by atoms with Gasteiger partial charge in [-0.1, -0.05) is 32.4 Å². The summed E-state index contributed by atoms with van der Waals surface area (Å²) in [5.74, 6) is 1.42. The summed E-state index contributed by atoms with van der Waals surface area (Å²) in [6.45, 7) is 6.61. The fourth-order valence-electron chi connectivity index (χ4n) is 2.67. The van der Waals surface area contributed by atoms with Crippen molar-refractivity contribution in [1.29, 1.82) is 0 Å². The molecule has 1 amide bonds. The molecule has 0 saturated carbocycles. The number of carbonyl (C=O) groups excluding carboxylic acids is 1. The minimum atomic E-state index is -0.166. The van der Waals surface area contributed by atoms with Gasteiger partial charge in [0.2, 0.25) is 0 Å². The Morgan fingerprint density at radius 1 is 1.23 bits per heavy atom. The third kappa shape index (κ3) is 3.83. The van der Waals surface area contributed by atoms with Crippen molar-refractivity contribution >= 4 is 28.5 Å². The number of halogens is 1. The largest absolute Gasteiger partial charge is 0.496 e. The van der Waals surface area contributed by atoms with Gasteiger partial charge in [0.05, 0.1) is 18.1 Å². The molecule has 0 saturated heterocycles. The van der Waals surface area contributed by atoms with Crippen LogP contribution in [0.15, 0.2) is 36.4 Å². The topological polar surface area (TPSA) is 67.0 Å². The lowest BCUT2D eigenvalue weighted by molar-refractivity contribution is 0.0951. The smallest absolute Gasteiger partial charge is 0.251 e. The number of amides is 1. The SMILES string of the molecule is COc1ccc(Cl)cc1CNC(=O)c1ccc2nc(C(C)(C)C)[nH]c2c1. The van der Waals surface area contributed by atoms with E-state index >= 15 is 0 Å². The van der Waals surface area contributed by atoms with E-state index in [1.807, 2.05) is 12.1 Å². The Bertz CT molecular complexity index is 957. The van der Waals surface area contributed by atoms with E-state index in [-0.39, 0.29) is 11.3 Å². The molecule has 1 aromatic heterocycles. The predicted octanol–water partition coefficient (Wildman–Crippen LogP) is 4.45. The van der Waals surface area contributed by atoms with Crippen LogP contribution >= 0.6 is 11.6 Å². The van der Waals surface area contributed by atoms with Crippen molar-refractivity contribution in [3.8, 4) is 5.75 Å². The fraction of sp³-hybridized carbons (Fsp3) is 0.300. The van der Waals surface area contributed by atoms with Gasteiger partial charge in [-0.25, -0.2) is 4.98 Å². The first kappa shape index (κ1) is 18.3. The molecule has 0 spiro atoms. The first-order valence-corrected chi connectivity index (χ1v) is 8.76. The Labute approximate surface area is 157 Å². The zero-order valence-corrected chi connectivity index (χ0v) is 16.1. The summed E-state index contributed by atoms with van der Waals surface area (Å²) in [7, 11) is 1.59. The molecule has 1 heterocycles. The van der Waals surface area contributed by atoms with Crippen LogP contribution in [0.25, 0.3) is 11.0 Å². The number of hydrogen-bond donors (Lipinski definition) is 2. The van der Waals surface area contributed by atoms with Crippen LogP contribution in [0, 0.1) is 0 Å². The molecule has 0 aliphatic rings. The molecule has 0 atom stereocenters. The molecule has 26 heavy (non-hydrogen) atoms. The van der Waals surface area contributed by atoms with Crippen LogP contribution in [0.1, 0.15) is 42.5 Å². The molecule has 2 N–H and O–H groups in total. The molecule has 0 radical (unpaired) electrons. The monoisotopic (exact) mass is 371 g/mol. The van der Waals surface area contributed by atoms with Gasteiger partial charge in [0.1, 0.15) is 11.6 Å². The number of hydrogen-bond acceptors (Lipinski definition) is 3. The maximum Gasteiger partial charge on any atom is 0.251 e. The summed E-state index contributed by atoms with van der Waals surface area (Å²) in [5, 5.41) is 3.51. The maximum absolute atomic E-state index is 12.5. The molecule has 0 aliphatic carbocycles. The van der Waals surface area contributed by atoms with Crippen LogP contribution in [0.5, 0.6) is 5.75 Å². The first-order valence-electron chi connectivity index (χ1n) is 8.39. The summed E-state index contributed by atoms with van der Waals surface area (Å²) >= 11 is 6.03. The van der Waals surface area contributed by atoms with Crippen molar-refractivity contribution < 1.29 is 9.53 Å². The Morgan fingerprint density at radius 2 is 2.00 bits per heavy atom. The van der Waals surface area contributed by atoms with E-state index in [4.69, 9.17) is 16.3 Å². The predicted molar refractivity (Wildman–Crippen MR) is 104 cm³/mol. The molecule has 3 aromatic rings. The third-order valence-corrected chi connectivity index (χ3v) is 4.37. The Balaban J connectivity index is 1.79. The number of rotatable bonds is 4. The fourth-order valence-corrected chi connectivity index (χ4v) is 2.86. The second-order valence-corrected chi connectivity index (χ2v) is 7.64. The van der Waals surface area contributed by atoms with Crippen molar-refractivity contribution in [2.45, 2.75) is 32.7 Å². The van der Waals surface area contributed by atoms with Crippen LogP contribution in [-0.2, 0) is 12.0 Å². The lowest BCUT2D eigenvalue weighted by Gasteiger charge is -2.13. The minimum Gasteiger partial charge on any atom is -0.496 e. The van der Waals surface area contributed by atoms with E-state index in [1.54, 1.807) is 31.4 Å². The van der Waals surface area contributed by atoms with Crippen molar-refractivity contribution in [3.05, 3.63) is 58.4 Å². The lowest BCUT2D eigenvalue weighted by Crippen LogP contribution is -2.23. The van der Waals surface area contributed by atoms with Gasteiger partial charge in [0, 0.05) is 28.1 Å². The Kier molecular flexibility index (Phi) is 4.92. The Morgan fingerprint density at radius 3 is 2.69 bits per heavy atom. The van der Waals surface area contributed by atoms with Crippen LogP contribution in [-0.4, -0.2) is 23.0 Å². The highest BCUT2D eigenvalue weighted by Gasteiger charge is 2.18. The van der Waals surface area contributed by atoms with Gasteiger partial charge in [-0.15, -0.1) is 0 Å². The van der Waals surface area contributed by atoms with Gasteiger partial charge in [0.15, 0.2) is 0 Å². The zero-order valence-electron chi connectivity index (χ0n) is 15.3. The highest BCUT2D eigenvalue weighted by molar-refractivity contribution is 6.30. The number of aromatic nitrogens is 2. The molecule has 0 unspecified atom stereocenters. The molecule has 3 rings (SSSR count). The van der Waals surface area contributed by atoms with Crippen LogP contribution in [0.2, 0.25) is 5.02 Å². The van der Waals surface area contributed by atoms with E-state index < -0.39 is 0 Å². The third-order valence-electron chi connectivity index (χ3n) is 4.14. The second kappa shape index (κ2) is 7.00. The lowest BCUT2D eigenvalue weighted by atomic mass is 9.96. The van der Waals surface area contributed by atoms with E-state index in [1.165, 1.54) is 0 Å². The van der Waals surface area contributed by atoms with Crippen molar-refractivity contribution in [1.82, 2.24) is 15.3 Å². The van der Waals surface area contributed by atoms with Crippen molar-refractivity contribution in [2.24, 2.45) is 0 Å². The second-order valence-electron chi connectivity index (χ2n) is 7.21. The van der Waals surface area contributed by atoms with Gasteiger partial charge in [-0.05, 0) is 36.4 Å². The van der Waals surface area contributed by atoms with Crippen molar-refractivity contribution in [3.63, 3.8) is 0 Å². The van der Waals surface area contributed by atoms with Crippen LogP contribution in [0.4, 0.5) is 0 Å². The molecule has 0 aliphatic heterocycles. The summed E-state index contributed by atoms with van der Waals surface area (Å²) in [5.41, 5.74) is 3.02. The number of benzene rings is 2. The minimum absolute atomic E-state index is 0.0788.